The lowest BCUT2D eigenvalue weighted by molar-refractivity contribution is -0.113. The third kappa shape index (κ3) is 6.79. The Labute approximate surface area is 200 Å². The number of anilines is 2. The first-order valence-electron chi connectivity index (χ1n) is 9.41. The first kappa shape index (κ1) is 24.2. The van der Waals surface area contributed by atoms with Crippen molar-refractivity contribution in [2.24, 2.45) is 10.2 Å². The molecule has 3 aromatic carbocycles. The molecule has 0 aliphatic carbocycles. The number of amides is 1. The summed E-state index contributed by atoms with van der Waals surface area (Å²) in [5, 5.41) is 21.0. The Morgan fingerprint density at radius 2 is 1.48 bits per heavy atom. The van der Waals surface area contributed by atoms with Crippen molar-refractivity contribution in [3.8, 4) is 0 Å². The summed E-state index contributed by atoms with van der Waals surface area (Å²) in [7, 11) is -3.85. The number of carbonyl (C=O) groups excluding carboxylic acids is 1. The summed E-state index contributed by atoms with van der Waals surface area (Å²) in [6.45, 7) is 1.29. The smallest absolute Gasteiger partial charge is 0.279 e. The van der Waals surface area contributed by atoms with Crippen LogP contribution in [0.25, 0.3) is 0 Å². The van der Waals surface area contributed by atoms with Crippen molar-refractivity contribution in [1.29, 1.82) is 0 Å². The van der Waals surface area contributed by atoms with Crippen LogP contribution in [0, 0.1) is 0 Å². The summed E-state index contributed by atoms with van der Waals surface area (Å²) in [5.41, 5.74) is 0.703. The maximum absolute atomic E-state index is 12.6. The van der Waals surface area contributed by atoms with Crippen LogP contribution < -0.4 is 10.0 Å². The standard InChI is InChI=1S/C22H18Cl2N4O4S/c1-14(29)21(22(30)25-18-6-2-4-15(23)12-18)27-26-17-8-10-20(11-9-17)33(31,32)28-19-7-3-5-16(24)13-19/h2-13,28-29H,1H3,(H,25,30). The van der Waals surface area contributed by atoms with Crippen molar-refractivity contribution in [2.45, 2.75) is 11.8 Å². The van der Waals surface area contributed by atoms with E-state index in [-0.39, 0.29) is 22.0 Å². The Morgan fingerprint density at radius 3 is 2.06 bits per heavy atom. The second kappa shape index (κ2) is 10.5. The number of halogens is 2. The SMILES string of the molecule is CC(O)=C(N=Nc1ccc(S(=O)(=O)Nc2cccc(Cl)c2)cc1)C(=O)Nc1cccc(Cl)c1. The number of azo groups is 1. The lowest BCUT2D eigenvalue weighted by Gasteiger charge is -2.08. The number of nitrogens with zero attached hydrogens (tertiary/aromatic N) is 2. The lowest BCUT2D eigenvalue weighted by atomic mass is 10.3. The first-order valence-corrected chi connectivity index (χ1v) is 11.6. The minimum atomic E-state index is -3.85. The van der Waals surface area contributed by atoms with Crippen molar-refractivity contribution in [2.75, 3.05) is 10.0 Å². The third-order valence-corrected chi connectivity index (χ3v) is 6.00. The normalized spacial score (nSPS) is 12.3. The molecule has 0 spiro atoms. The van der Waals surface area contributed by atoms with E-state index in [0.29, 0.717) is 21.4 Å². The van der Waals surface area contributed by atoms with Gasteiger partial charge in [-0.2, -0.15) is 5.11 Å². The zero-order valence-corrected chi connectivity index (χ0v) is 19.5. The molecule has 0 aliphatic heterocycles. The third-order valence-electron chi connectivity index (χ3n) is 4.13. The van der Waals surface area contributed by atoms with Gasteiger partial charge < -0.3 is 10.4 Å². The predicted molar refractivity (Wildman–Crippen MR) is 129 cm³/mol. The molecule has 0 saturated heterocycles. The van der Waals surface area contributed by atoms with E-state index in [1.807, 2.05) is 0 Å². The number of hydrogen-bond acceptors (Lipinski definition) is 6. The van der Waals surface area contributed by atoms with E-state index in [2.05, 4.69) is 20.3 Å². The molecule has 11 heteroatoms. The van der Waals surface area contributed by atoms with E-state index < -0.39 is 15.9 Å². The van der Waals surface area contributed by atoms with Crippen molar-refractivity contribution >= 4 is 56.2 Å². The largest absolute Gasteiger partial charge is 0.510 e. The molecule has 8 nitrogen and oxygen atoms in total. The van der Waals surface area contributed by atoms with Crippen LogP contribution in [0.4, 0.5) is 17.1 Å². The molecule has 3 N–H and O–H groups in total. The van der Waals surface area contributed by atoms with Gasteiger partial charge in [0.25, 0.3) is 15.9 Å². The highest BCUT2D eigenvalue weighted by Crippen LogP contribution is 2.23. The Bertz CT molecular complexity index is 1340. The molecular formula is C22H18Cl2N4O4S. The zero-order valence-electron chi connectivity index (χ0n) is 17.2. The fourth-order valence-electron chi connectivity index (χ4n) is 2.60. The van der Waals surface area contributed by atoms with Crippen molar-refractivity contribution in [3.05, 3.63) is 94.3 Å². The van der Waals surface area contributed by atoms with E-state index in [9.17, 15) is 18.3 Å². The Hall–Kier alpha value is -3.40. The highest BCUT2D eigenvalue weighted by Gasteiger charge is 2.15. The van der Waals surface area contributed by atoms with E-state index in [1.165, 1.54) is 43.3 Å². The molecule has 0 bridgehead atoms. The predicted octanol–water partition coefficient (Wildman–Crippen LogP) is 6.31. The van der Waals surface area contributed by atoms with Gasteiger partial charge in [0, 0.05) is 15.7 Å². The van der Waals surface area contributed by atoms with Crippen LogP contribution in [0.3, 0.4) is 0 Å². The van der Waals surface area contributed by atoms with E-state index in [4.69, 9.17) is 23.2 Å². The molecule has 33 heavy (non-hydrogen) atoms. The van der Waals surface area contributed by atoms with Crippen LogP contribution in [0.1, 0.15) is 6.92 Å². The van der Waals surface area contributed by atoms with Crippen molar-refractivity contribution < 1.29 is 18.3 Å². The number of benzene rings is 3. The van der Waals surface area contributed by atoms with Gasteiger partial charge in [-0.05, 0) is 67.6 Å². The summed E-state index contributed by atoms with van der Waals surface area (Å²) < 4.78 is 27.5. The molecule has 0 radical (unpaired) electrons. The molecule has 0 atom stereocenters. The van der Waals surface area contributed by atoms with Gasteiger partial charge in [0.2, 0.25) is 0 Å². The minimum absolute atomic E-state index is 0.00534. The first-order chi connectivity index (χ1) is 15.6. The van der Waals surface area contributed by atoms with E-state index in [0.717, 1.165) is 0 Å². The van der Waals surface area contributed by atoms with E-state index in [1.54, 1.807) is 36.4 Å². The highest BCUT2D eigenvalue weighted by atomic mass is 35.5. The number of nitrogens with one attached hydrogen (secondary N) is 2. The van der Waals surface area contributed by atoms with E-state index >= 15 is 0 Å². The van der Waals surface area contributed by atoms with Gasteiger partial charge in [0.05, 0.1) is 16.3 Å². The summed E-state index contributed by atoms with van der Waals surface area (Å²) in [4.78, 5) is 12.4. The fraction of sp³-hybridized carbons (Fsp3) is 0.0455. The van der Waals surface area contributed by atoms with Gasteiger partial charge in [-0.15, -0.1) is 5.11 Å². The molecule has 3 aromatic rings. The topological polar surface area (TPSA) is 120 Å². The van der Waals surface area contributed by atoms with Gasteiger partial charge >= 0.3 is 0 Å². The fourth-order valence-corrected chi connectivity index (χ4v) is 4.03. The van der Waals surface area contributed by atoms with Gasteiger partial charge in [0.1, 0.15) is 5.76 Å². The molecule has 1 amide bonds. The number of aliphatic hydroxyl groups is 1. The maximum Gasteiger partial charge on any atom is 0.279 e. The zero-order chi connectivity index (χ0) is 24.0. The Kier molecular flexibility index (Phi) is 7.70. The van der Waals surface area contributed by atoms with Crippen LogP contribution in [0.15, 0.2) is 99.4 Å². The van der Waals surface area contributed by atoms with Gasteiger partial charge in [-0.1, -0.05) is 35.3 Å². The lowest BCUT2D eigenvalue weighted by Crippen LogP contribution is -2.14. The molecule has 170 valence electrons. The average molecular weight is 505 g/mol. The number of rotatable bonds is 7. The Morgan fingerprint density at radius 1 is 0.909 bits per heavy atom. The molecule has 0 aromatic heterocycles. The van der Waals surface area contributed by atoms with Crippen LogP contribution in [-0.2, 0) is 14.8 Å². The van der Waals surface area contributed by atoms with Crippen molar-refractivity contribution in [1.82, 2.24) is 0 Å². The molecule has 0 aliphatic rings. The van der Waals surface area contributed by atoms with Gasteiger partial charge in [0.15, 0.2) is 5.70 Å². The summed E-state index contributed by atoms with van der Waals surface area (Å²) in [6, 6.07) is 18.3. The number of sulfonamides is 1. The number of allylic oxidation sites excluding steroid dienone is 1. The summed E-state index contributed by atoms with van der Waals surface area (Å²) >= 11 is 11.8. The van der Waals surface area contributed by atoms with Gasteiger partial charge in [-0.3, -0.25) is 9.52 Å². The molecular weight excluding hydrogens is 487 g/mol. The molecule has 3 rings (SSSR count). The number of carbonyl (C=O) groups is 1. The molecule has 0 heterocycles. The summed E-state index contributed by atoms with van der Waals surface area (Å²) in [5.74, 6) is -1.03. The van der Waals surface area contributed by atoms with Crippen LogP contribution in [0.2, 0.25) is 10.0 Å². The van der Waals surface area contributed by atoms with Crippen LogP contribution in [-0.4, -0.2) is 19.4 Å². The molecule has 0 saturated carbocycles. The quantitative estimate of drug-likeness (QED) is 0.198. The van der Waals surface area contributed by atoms with Crippen LogP contribution in [0.5, 0.6) is 0 Å². The molecule has 0 unspecified atom stereocenters. The monoisotopic (exact) mass is 504 g/mol. The highest BCUT2D eigenvalue weighted by molar-refractivity contribution is 7.92. The van der Waals surface area contributed by atoms with Crippen molar-refractivity contribution in [3.63, 3.8) is 0 Å². The summed E-state index contributed by atoms with van der Waals surface area (Å²) in [6.07, 6.45) is 0. The minimum Gasteiger partial charge on any atom is -0.510 e. The number of hydrogen-bond donors (Lipinski definition) is 3. The second-order valence-corrected chi connectivity index (χ2v) is 9.26. The van der Waals surface area contributed by atoms with Gasteiger partial charge in [-0.25, -0.2) is 8.42 Å². The maximum atomic E-state index is 12.6. The Balaban J connectivity index is 1.73. The number of aliphatic hydroxyl groups excluding tert-OH is 1. The second-order valence-electron chi connectivity index (χ2n) is 6.71. The molecule has 0 fully saturated rings. The average Bonchev–Trinajstić information content (AvgIpc) is 2.73. The van der Waals surface area contributed by atoms with Crippen LogP contribution >= 0.6 is 23.2 Å².